The molecule has 0 unspecified atom stereocenters. The highest BCUT2D eigenvalue weighted by molar-refractivity contribution is 6.33. The van der Waals surface area contributed by atoms with Crippen LogP contribution in [0.2, 0.25) is 5.02 Å². The van der Waals surface area contributed by atoms with Crippen LogP contribution in [0.25, 0.3) is 10.9 Å². The molecule has 2 N–H and O–H groups in total. The summed E-state index contributed by atoms with van der Waals surface area (Å²) in [5, 5.41) is 8.37. The van der Waals surface area contributed by atoms with E-state index in [2.05, 4.69) is 40.3 Å². The van der Waals surface area contributed by atoms with Gasteiger partial charge in [-0.15, -0.1) is 0 Å². The molecule has 0 aliphatic rings. The average molecular weight is 453 g/mol. The van der Waals surface area contributed by atoms with E-state index < -0.39 is 6.04 Å². The van der Waals surface area contributed by atoms with Crippen LogP contribution in [0, 0.1) is 5.92 Å². The van der Waals surface area contributed by atoms with E-state index in [1.807, 2.05) is 38.2 Å². The molecule has 0 spiro atoms. The van der Waals surface area contributed by atoms with Crippen molar-refractivity contribution >= 4 is 40.5 Å². The van der Waals surface area contributed by atoms with Crippen molar-refractivity contribution in [3.63, 3.8) is 0 Å². The minimum Gasteiger partial charge on any atom is -0.344 e. The summed E-state index contributed by atoms with van der Waals surface area (Å²) in [4.78, 5) is 25.5. The normalized spacial score (nSPS) is 12.6. The molecule has 1 atom stereocenters. The summed E-state index contributed by atoms with van der Waals surface area (Å²) in [6.07, 6.45) is 4.14. The van der Waals surface area contributed by atoms with E-state index in [0.717, 1.165) is 16.5 Å². The first-order chi connectivity index (χ1) is 15.3. The third-order valence-corrected chi connectivity index (χ3v) is 5.48. The summed E-state index contributed by atoms with van der Waals surface area (Å²) in [5.41, 5.74) is 4.94. The van der Waals surface area contributed by atoms with Crippen molar-refractivity contribution in [2.75, 3.05) is 0 Å². The number of benzene rings is 2. The molecular formula is C25H29ClN4O2. The Kier molecular flexibility index (Phi) is 7.70. The summed E-state index contributed by atoms with van der Waals surface area (Å²) >= 11 is 6.12. The van der Waals surface area contributed by atoms with Crippen LogP contribution in [0.4, 0.5) is 0 Å². The number of amides is 2. The number of hydrogen-bond acceptors (Lipinski definition) is 3. The van der Waals surface area contributed by atoms with Gasteiger partial charge in [0.1, 0.15) is 6.04 Å². The first kappa shape index (κ1) is 23.5. The van der Waals surface area contributed by atoms with Crippen LogP contribution in [-0.2, 0) is 4.79 Å². The average Bonchev–Trinajstić information content (AvgIpc) is 3.12. The maximum absolute atomic E-state index is 12.8. The number of nitrogens with one attached hydrogen (secondary N) is 2. The van der Waals surface area contributed by atoms with Gasteiger partial charge in [-0.3, -0.25) is 9.59 Å². The number of carbonyl (C=O) groups is 2. The standard InChI is InChI=1S/C25H29ClN4O2/c1-16(2)13-22(28-24(31)20-10-5-7-11-21(20)26)25(32)29-27-14-18-15-30(17(3)4)23-12-8-6-9-19(18)23/h5-12,14-17,22H,13H2,1-4H3,(H,28,31)(H,29,32)/b27-14-/t22-/m1/s1. The SMILES string of the molecule is CC(C)C[C@@H](NC(=O)c1ccccc1Cl)C(=O)N/N=C\c1cn(C(C)C)c2ccccc12. The minimum absolute atomic E-state index is 0.199. The van der Waals surface area contributed by atoms with Gasteiger partial charge in [0.2, 0.25) is 0 Å². The van der Waals surface area contributed by atoms with Gasteiger partial charge in [0, 0.05) is 28.7 Å². The van der Waals surface area contributed by atoms with Crippen molar-refractivity contribution < 1.29 is 9.59 Å². The Balaban J connectivity index is 1.74. The van der Waals surface area contributed by atoms with E-state index in [-0.39, 0.29) is 17.7 Å². The highest BCUT2D eigenvalue weighted by Gasteiger charge is 2.23. The monoisotopic (exact) mass is 452 g/mol. The molecule has 32 heavy (non-hydrogen) atoms. The molecule has 3 aromatic rings. The maximum Gasteiger partial charge on any atom is 0.262 e. The predicted molar refractivity (Wildman–Crippen MR) is 130 cm³/mol. The Morgan fingerprint density at radius 3 is 2.44 bits per heavy atom. The van der Waals surface area contributed by atoms with Crippen LogP contribution in [-0.4, -0.2) is 28.6 Å². The number of hydrogen-bond donors (Lipinski definition) is 2. The summed E-state index contributed by atoms with van der Waals surface area (Å²) in [5.74, 6) is -0.561. The predicted octanol–water partition coefficient (Wildman–Crippen LogP) is 5.17. The number of carbonyl (C=O) groups excluding carboxylic acids is 2. The summed E-state index contributed by atoms with van der Waals surface area (Å²) in [6, 6.07) is 14.4. The number of aromatic nitrogens is 1. The fraction of sp³-hybridized carbons (Fsp3) is 0.320. The molecule has 6 nitrogen and oxygen atoms in total. The van der Waals surface area contributed by atoms with Crippen molar-refractivity contribution in [1.82, 2.24) is 15.3 Å². The van der Waals surface area contributed by atoms with E-state index >= 15 is 0 Å². The van der Waals surface area contributed by atoms with Crippen LogP contribution >= 0.6 is 11.6 Å². The molecule has 0 saturated carbocycles. The molecule has 0 radical (unpaired) electrons. The highest BCUT2D eigenvalue weighted by Crippen LogP contribution is 2.23. The molecule has 2 aromatic carbocycles. The minimum atomic E-state index is -0.729. The van der Waals surface area contributed by atoms with Crippen LogP contribution in [0.15, 0.2) is 59.8 Å². The van der Waals surface area contributed by atoms with E-state index in [9.17, 15) is 9.59 Å². The van der Waals surface area contributed by atoms with E-state index in [4.69, 9.17) is 11.6 Å². The molecule has 0 aliphatic carbocycles. The fourth-order valence-corrected chi connectivity index (χ4v) is 3.81. The van der Waals surface area contributed by atoms with Gasteiger partial charge in [-0.25, -0.2) is 5.43 Å². The molecule has 0 aliphatic heterocycles. The highest BCUT2D eigenvalue weighted by atomic mass is 35.5. The van der Waals surface area contributed by atoms with E-state index in [0.29, 0.717) is 23.0 Å². The van der Waals surface area contributed by atoms with Gasteiger partial charge in [0.05, 0.1) is 16.8 Å². The Hall–Kier alpha value is -3.12. The lowest BCUT2D eigenvalue weighted by molar-refractivity contribution is -0.123. The van der Waals surface area contributed by atoms with Crippen molar-refractivity contribution in [1.29, 1.82) is 0 Å². The molecule has 7 heteroatoms. The molecule has 0 saturated heterocycles. The molecule has 1 aromatic heterocycles. The number of halogens is 1. The number of hydrazone groups is 1. The zero-order valence-corrected chi connectivity index (χ0v) is 19.6. The second-order valence-corrected chi connectivity index (χ2v) is 8.88. The van der Waals surface area contributed by atoms with E-state index in [1.165, 1.54) is 0 Å². The third-order valence-electron chi connectivity index (χ3n) is 5.15. The second-order valence-electron chi connectivity index (χ2n) is 8.47. The summed E-state index contributed by atoms with van der Waals surface area (Å²) < 4.78 is 2.17. The van der Waals surface area contributed by atoms with Gasteiger partial charge < -0.3 is 9.88 Å². The lowest BCUT2D eigenvalue weighted by atomic mass is 10.0. The molecule has 2 amide bonds. The topological polar surface area (TPSA) is 75.5 Å². The Bertz CT molecular complexity index is 1130. The third kappa shape index (κ3) is 5.56. The Labute approximate surface area is 193 Å². The van der Waals surface area contributed by atoms with Gasteiger partial charge >= 0.3 is 0 Å². The van der Waals surface area contributed by atoms with E-state index in [1.54, 1.807) is 30.5 Å². The number of para-hydroxylation sites is 1. The zero-order chi connectivity index (χ0) is 23.3. The number of nitrogens with zero attached hydrogens (tertiary/aromatic N) is 2. The molecule has 3 rings (SSSR count). The summed E-state index contributed by atoms with van der Waals surface area (Å²) in [7, 11) is 0. The molecule has 0 fully saturated rings. The van der Waals surface area contributed by atoms with Crippen molar-refractivity contribution in [3.8, 4) is 0 Å². The molecule has 168 valence electrons. The van der Waals surface area contributed by atoms with Crippen LogP contribution in [0.3, 0.4) is 0 Å². The quantitative estimate of drug-likeness (QED) is 0.365. The Morgan fingerprint density at radius 1 is 1.06 bits per heavy atom. The van der Waals surface area contributed by atoms with Gasteiger partial charge in [-0.05, 0) is 44.4 Å². The van der Waals surface area contributed by atoms with Crippen molar-refractivity contribution in [2.45, 2.75) is 46.2 Å². The van der Waals surface area contributed by atoms with Crippen LogP contribution < -0.4 is 10.7 Å². The van der Waals surface area contributed by atoms with Gasteiger partial charge in [0.15, 0.2) is 0 Å². The lowest BCUT2D eigenvalue weighted by Crippen LogP contribution is -2.46. The first-order valence-electron chi connectivity index (χ1n) is 10.8. The fourth-order valence-electron chi connectivity index (χ4n) is 3.59. The maximum atomic E-state index is 12.8. The van der Waals surface area contributed by atoms with Gasteiger partial charge in [-0.2, -0.15) is 5.10 Å². The van der Waals surface area contributed by atoms with Gasteiger partial charge in [0.25, 0.3) is 11.8 Å². The molecule has 0 bridgehead atoms. The zero-order valence-electron chi connectivity index (χ0n) is 18.8. The largest absolute Gasteiger partial charge is 0.344 e. The number of fused-ring (bicyclic) bond motifs is 1. The Morgan fingerprint density at radius 2 is 1.75 bits per heavy atom. The van der Waals surface area contributed by atoms with Crippen LogP contribution in [0.5, 0.6) is 0 Å². The van der Waals surface area contributed by atoms with Crippen LogP contribution in [0.1, 0.15) is 56.1 Å². The smallest absolute Gasteiger partial charge is 0.262 e. The molecule has 1 heterocycles. The van der Waals surface area contributed by atoms with Crippen molar-refractivity contribution in [3.05, 3.63) is 70.9 Å². The number of rotatable bonds is 8. The second kappa shape index (κ2) is 10.5. The molecular weight excluding hydrogens is 424 g/mol. The first-order valence-corrected chi connectivity index (χ1v) is 11.1. The van der Waals surface area contributed by atoms with Crippen molar-refractivity contribution in [2.24, 2.45) is 11.0 Å². The van der Waals surface area contributed by atoms with Gasteiger partial charge in [-0.1, -0.05) is 55.8 Å². The lowest BCUT2D eigenvalue weighted by Gasteiger charge is -2.19. The summed E-state index contributed by atoms with van der Waals surface area (Å²) in [6.45, 7) is 8.22.